The highest BCUT2D eigenvalue weighted by Crippen LogP contribution is 2.27. The molecule has 0 unspecified atom stereocenters. The standard InChI is InChI=1S/C21H14BrFN2O3/c22-13-5-8-15(9-6-13)27-12-20(26)24-14-7-10-19-18(11-14)25-21(28-19)16-3-1-2-4-17(16)23/h1-11H,12H2,(H,24,26). The number of nitrogens with zero attached hydrogens (tertiary/aromatic N) is 1. The summed E-state index contributed by atoms with van der Waals surface area (Å²) in [6, 6.07) is 18.5. The molecule has 4 aromatic rings. The number of halogens is 2. The summed E-state index contributed by atoms with van der Waals surface area (Å²) in [4.78, 5) is 16.4. The fourth-order valence-electron chi connectivity index (χ4n) is 2.63. The lowest BCUT2D eigenvalue weighted by atomic mass is 10.2. The fraction of sp³-hybridized carbons (Fsp3) is 0.0476. The van der Waals surface area contributed by atoms with Gasteiger partial charge in [-0.15, -0.1) is 0 Å². The number of nitrogens with one attached hydrogen (secondary N) is 1. The minimum Gasteiger partial charge on any atom is -0.484 e. The van der Waals surface area contributed by atoms with E-state index in [1.54, 1.807) is 48.5 Å². The second kappa shape index (κ2) is 7.82. The molecule has 4 rings (SSSR count). The van der Waals surface area contributed by atoms with Gasteiger partial charge in [-0.25, -0.2) is 9.37 Å². The number of fused-ring (bicyclic) bond motifs is 1. The van der Waals surface area contributed by atoms with Gasteiger partial charge in [-0.1, -0.05) is 28.1 Å². The Kier molecular flexibility index (Phi) is 5.08. The average Bonchev–Trinajstić information content (AvgIpc) is 3.11. The van der Waals surface area contributed by atoms with Crippen molar-refractivity contribution in [3.63, 3.8) is 0 Å². The summed E-state index contributed by atoms with van der Waals surface area (Å²) in [6.45, 7) is -0.126. The first-order chi connectivity index (χ1) is 13.6. The van der Waals surface area contributed by atoms with Crippen molar-refractivity contribution < 1.29 is 18.3 Å². The average molecular weight is 441 g/mol. The number of benzene rings is 3. The molecule has 0 aliphatic heterocycles. The van der Waals surface area contributed by atoms with Crippen LogP contribution in [0.15, 0.2) is 75.6 Å². The van der Waals surface area contributed by atoms with Gasteiger partial charge in [-0.05, 0) is 54.6 Å². The van der Waals surface area contributed by atoms with Crippen LogP contribution in [0.4, 0.5) is 10.1 Å². The third-order valence-electron chi connectivity index (χ3n) is 3.96. The minimum atomic E-state index is -0.410. The van der Waals surface area contributed by atoms with E-state index in [2.05, 4.69) is 26.2 Å². The highest BCUT2D eigenvalue weighted by Gasteiger charge is 2.13. The van der Waals surface area contributed by atoms with Gasteiger partial charge in [0, 0.05) is 10.2 Å². The molecule has 0 aliphatic carbocycles. The summed E-state index contributed by atoms with van der Waals surface area (Å²) in [5, 5.41) is 2.75. The Morgan fingerprint density at radius 2 is 1.89 bits per heavy atom. The number of hydrogen-bond donors (Lipinski definition) is 1. The number of carbonyl (C=O) groups is 1. The molecule has 0 saturated heterocycles. The zero-order chi connectivity index (χ0) is 19.5. The van der Waals surface area contributed by atoms with E-state index in [0.29, 0.717) is 22.5 Å². The van der Waals surface area contributed by atoms with Gasteiger partial charge in [0.2, 0.25) is 5.89 Å². The Labute approximate surface area is 168 Å². The molecular weight excluding hydrogens is 427 g/mol. The van der Waals surface area contributed by atoms with Crippen molar-refractivity contribution in [2.75, 3.05) is 11.9 Å². The van der Waals surface area contributed by atoms with Gasteiger partial charge in [0.15, 0.2) is 12.2 Å². The number of anilines is 1. The van der Waals surface area contributed by atoms with Crippen LogP contribution in [0.2, 0.25) is 0 Å². The minimum absolute atomic E-state index is 0.126. The second-order valence-electron chi connectivity index (χ2n) is 5.97. The molecule has 5 nitrogen and oxygen atoms in total. The van der Waals surface area contributed by atoms with Gasteiger partial charge in [0.1, 0.15) is 17.1 Å². The van der Waals surface area contributed by atoms with Crippen LogP contribution >= 0.6 is 15.9 Å². The number of amides is 1. The van der Waals surface area contributed by atoms with Gasteiger partial charge < -0.3 is 14.5 Å². The molecule has 140 valence electrons. The smallest absolute Gasteiger partial charge is 0.262 e. The number of oxazole rings is 1. The first kappa shape index (κ1) is 18.2. The van der Waals surface area contributed by atoms with Crippen LogP contribution in [0.3, 0.4) is 0 Å². The van der Waals surface area contributed by atoms with E-state index < -0.39 is 5.82 Å². The zero-order valence-electron chi connectivity index (χ0n) is 14.5. The predicted molar refractivity (Wildman–Crippen MR) is 108 cm³/mol. The van der Waals surface area contributed by atoms with Crippen LogP contribution in [0.5, 0.6) is 5.75 Å². The van der Waals surface area contributed by atoms with Crippen molar-refractivity contribution in [1.82, 2.24) is 4.98 Å². The molecule has 7 heteroatoms. The summed E-state index contributed by atoms with van der Waals surface area (Å²) in [5.74, 6) is 0.0720. The summed E-state index contributed by atoms with van der Waals surface area (Å²) >= 11 is 3.34. The van der Waals surface area contributed by atoms with Crippen molar-refractivity contribution in [3.05, 3.63) is 77.0 Å². The van der Waals surface area contributed by atoms with Crippen molar-refractivity contribution in [2.45, 2.75) is 0 Å². The van der Waals surface area contributed by atoms with E-state index in [9.17, 15) is 9.18 Å². The second-order valence-corrected chi connectivity index (χ2v) is 6.89. The number of carbonyl (C=O) groups excluding carboxylic acids is 1. The highest BCUT2D eigenvalue weighted by molar-refractivity contribution is 9.10. The van der Waals surface area contributed by atoms with Gasteiger partial charge in [-0.2, -0.15) is 0 Å². The van der Waals surface area contributed by atoms with E-state index in [-0.39, 0.29) is 24.0 Å². The van der Waals surface area contributed by atoms with Gasteiger partial charge in [0.05, 0.1) is 5.56 Å². The van der Waals surface area contributed by atoms with Crippen molar-refractivity contribution >= 4 is 38.6 Å². The lowest BCUT2D eigenvalue weighted by molar-refractivity contribution is -0.118. The normalized spacial score (nSPS) is 10.8. The Morgan fingerprint density at radius 1 is 1.11 bits per heavy atom. The Balaban J connectivity index is 1.46. The fourth-order valence-corrected chi connectivity index (χ4v) is 2.90. The van der Waals surface area contributed by atoms with Crippen molar-refractivity contribution in [3.8, 4) is 17.2 Å². The molecule has 0 fully saturated rings. The third kappa shape index (κ3) is 4.04. The topological polar surface area (TPSA) is 64.4 Å². The lowest BCUT2D eigenvalue weighted by Gasteiger charge is -2.07. The van der Waals surface area contributed by atoms with Gasteiger partial charge in [0.25, 0.3) is 5.91 Å². The molecule has 3 aromatic carbocycles. The van der Waals surface area contributed by atoms with Crippen LogP contribution in [0.25, 0.3) is 22.6 Å². The summed E-state index contributed by atoms with van der Waals surface area (Å²) in [6.07, 6.45) is 0. The van der Waals surface area contributed by atoms with E-state index in [0.717, 1.165) is 4.47 Å². The van der Waals surface area contributed by atoms with E-state index in [1.807, 2.05) is 12.1 Å². The third-order valence-corrected chi connectivity index (χ3v) is 4.49. The Morgan fingerprint density at radius 3 is 2.68 bits per heavy atom. The molecule has 1 N–H and O–H groups in total. The van der Waals surface area contributed by atoms with E-state index >= 15 is 0 Å². The van der Waals surface area contributed by atoms with Crippen molar-refractivity contribution in [2.24, 2.45) is 0 Å². The Hall–Kier alpha value is -3.19. The molecule has 0 atom stereocenters. The maximum atomic E-state index is 13.9. The summed E-state index contributed by atoms with van der Waals surface area (Å²) in [7, 11) is 0. The molecule has 0 saturated carbocycles. The van der Waals surface area contributed by atoms with Gasteiger partial charge >= 0.3 is 0 Å². The number of rotatable bonds is 5. The Bertz CT molecular complexity index is 1140. The van der Waals surface area contributed by atoms with E-state index in [1.165, 1.54) is 6.07 Å². The number of aromatic nitrogens is 1. The summed E-state index contributed by atoms with van der Waals surface area (Å²) in [5.41, 5.74) is 1.85. The zero-order valence-corrected chi connectivity index (χ0v) is 16.1. The molecule has 0 spiro atoms. The molecule has 1 aromatic heterocycles. The molecule has 0 bridgehead atoms. The monoisotopic (exact) mass is 440 g/mol. The highest BCUT2D eigenvalue weighted by atomic mass is 79.9. The maximum absolute atomic E-state index is 13.9. The van der Waals surface area contributed by atoms with Crippen LogP contribution in [-0.2, 0) is 4.79 Å². The van der Waals surface area contributed by atoms with Gasteiger partial charge in [-0.3, -0.25) is 4.79 Å². The SMILES string of the molecule is O=C(COc1ccc(Br)cc1)Nc1ccc2oc(-c3ccccc3F)nc2c1. The van der Waals surface area contributed by atoms with Crippen LogP contribution < -0.4 is 10.1 Å². The van der Waals surface area contributed by atoms with Crippen LogP contribution in [0, 0.1) is 5.82 Å². The van der Waals surface area contributed by atoms with Crippen LogP contribution in [-0.4, -0.2) is 17.5 Å². The summed E-state index contributed by atoms with van der Waals surface area (Å²) < 4.78 is 25.9. The maximum Gasteiger partial charge on any atom is 0.262 e. The predicted octanol–water partition coefficient (Wildman–Crippen LogP) is 5.41. The number of hydrogen-bond acceptors (Lipinski definition) is 4. The van der Waals surface area contributed by atoms with Crippen LogP contribution in [0.1, 0.15) is 0 Å². The van der Waals surface area contributed by atoms with Crippen molar-refractivity contribution in [1.29, 1.82) is 0 Å². The first-order valence-corrected chi connectivity index (χ1v) is 9.21. The molecular formula is C21H14BrFN2O3. The first-order valence-electron chi connectivity index (χ1n) is 8.42. The quantitative estimate of drug-likeness (QED) is 0.450. The molecule has 0 radical (unpaired) electrons. The molecule has 1 amide bonds. The molecule has 28 heavy (non-hydrogen) atoms. The van der Waals surface area contributed by atoms with E-state index in [4.69, 9.17) is 9.15 Å². The lowest BCUT2D eigenvalue weighted by Crippen LogP contribution is -2.20. The largest absolute Gasteiger partial charge is 0.484 e. The molecule has 1 heterocycles. The number of ether oxygens (including phenoxy) is 1. The molecule has 0 aliphatic rings.